The number of hydrazone groups is 1. The zero-order valence-electron chi connectivity index (χ0n) is 20.8. The molecular formula is C29H29N7O. The molecule has 0 radical (unpaired) electrons. The predicted molar refractivity (Wildman–Crippen MR) is 138 cm³/mol. The largest absolute Gasteiger partial charge is 0.272 e. The number of nitrogens with zero attached hydrogens (tertiary/aromatic N) is 7. The Morgan fingerprint density at radius 1 is 1.00 bits per heavy atom. The Hall–Kier alpha value is -4.04. The van der Waals surface area contributed by atoms with Crippen LogP contribution in [0.4, 0.5) is 0 Å². The molecule has 1 atom stereocenters. The zero-order chi connectivity index (χ0) is 25.5. The maximum absolute atomic E-state index is 13.4. The van der Waals surface area contributed by atoms with Crippen molar-refractivity contribution in [2.75, 3.05) is 0 Å². The molecule has 1 aliphatic heterocycles. The Bertz CT molecular complexity index is 1450. The van der Waals surface area contributed by atoms with Crippen LogP contribution in [0.15, 0.2) is 48.0 Å². The molecule has 2 bridgehead atoms. The monoisotopic (exact) mass is 491 g/mol. The van der Waals surface area contributed by atoms with Crippen molar-refractivity contribution in [1.82, 2.24) is 19.8 Å². The van der Waals surface area contributed by atoms with Gasteiger partial charge in [0.15, 0.2) is 0 Å². The molecule has 8 nitrogen and oxygen atoms in total. The molecule has 3 fully saturated rings. The smallest absolute Gasteiger partial charge is 0.249 e. The Morgan fingerprint density at radius 2 is 1.81 bits per heavy atom. The highest BCUT2D eigenvalue weighted by atomic mass is 16.2. The number of carbonyl (C=O) groups excluding carboxylic acids is 1. The Balaban J connectivity index is 0.944. The van der Waals surface area contributed by atoms with Crippen molar-refractivity contribution in [3.63, 3.8) is 0 Å². The number of pyridine rings is 1. The van der Waals surface area contributed by atoms with Gasteiger partial charge in [-0.3, -0.25) is 14.5 Å². The molecule has 1 aromatic carbocycles. The van der Waals surface area contributed by atoms with E-state index in [2.05, 4.69) is 27.3 Å². The van der Waals surface area contributed by atoms with Gasteiger partial charge in [0.1, 0.15) is 6.07 Å². The fraction of sp³-hybridized carbons (Fsp3) is 0.448. The lowest BCUT2D eigenvalue weighted by Crippen LogP contribution is -2.67. The summed E-state index contributed by atoms with van der Waals surface area (Å²) >= 11 is 0. The lowest BCUT2D eigenvalue weighted by Gasteiger charge is -2.70. The van der Waals surface area contributed by atoms with Crippen LogP contribution in [0.25, 0.3) is 10.9 Å². The topological polar surface area (TPSA) is 111 Å². The van der Waals surface area contributed by atoms with Gasteiger partial charge in [-0.05, 0) is 67.3 Å². The van der Waals surface area contributed by atoms with Crippen LogP contribution < -0.4 is 0 Å². The summed E-state index contributed by atoms with van der Waals surface area (Å²) in [6.07, 6.45) is 16.4. The fourth-order valence-electron chi connectivity index (χ4n) is 6.77. The van der Waals surface area contributed by atoms with Crippen molar-refractivity contribution < 1.29 is 4.79 Å². The number of rotatable bonds is 9. The summed E-state index contributed by atoms with van der Waals surface area (Å²) in [4.78, 5) is 17.6. The standard InChI is InChI=1S/C29H29N7O/c30-13-21-5-6-25-24(11-21)17-34-35(25)10-4-2-1-3-8-28-18-29(19-28,20-28)27(37)36-26(7-9-33-36)23-12-22(14-31)15-32-16-23/h5-6,9,11-12,15-17,26H,1-4,7-8,10,18-20H2. The molecule has 3 aliphatic carbocycles. The molecule has 3 aromatic rings. The van der Waals surface area contributed by atoms with E-state index in [1.807, 2.05) is 35.1 Å². The van der Waals surface area contributed by atoms with Gasteiger partial charge in [-0.25, -0.2) is 5.01 Å². The number of nitriles is 2. The molecule has 0 saturated heterocycles. The average Bonchev–Trinajstić information content (AvgIpc) is 3.53. The number of benzene rings is 1. The third kappa shape index (κ3) is 4.07. The first-order valence-corrected chi connectivity index (χ1v) is 13.1. The SMILES string of the molecule is N#Cc1cncc(C2CC=NN2C(=O)C23CC(CCCCCCn4ncc5cc(C#N)ccc54)(C2)C3)c1. The lowest BCUT2D eigenvalue weighted by molar-refractivity contribution is -0.220. The normalized spacial score (nSPS) is 25.4. The number of aryl methyl sites for hydroxylation is 1. The fourth-order valence-corrected chi connectivity index (χ4v) is 6.77. The molecule has 3 heterocycles. The molecule has 0 spiro atoms. The molecule has 3 saturated carbocycles. The van der Waals surface area contributed by atoms with Crippen LogP contribution in [0.2, 0.25) is 0 Å². The van der Waals surface area contributed by atoms with Gasteiger partial charge in [-0.15, -0.1) is 0 Å². The molecule has 8 heteroatoms. The van der Waals surface area contributed by atoms with Gasteiger partial charge in [0.2, 0.25) is 5.91 Å². The van der Waals surface area contributed by atoms with E-state index >= 15 is 0 Å². The van der Waals surface area contributed by atoms with Crippen LogP contribution >= 0.6 is 0 Å². The van der Waals surface area contributed by atoms with Crippen LogP contribution in [0.3, 0.4) is 0 Å². The Morgan fingerprint density at radius 3 is 2.62 bits per heavy atom. The summed E-state index contributed by atoms with van der Waals surface area (Å²) in [5, 5.41) is 29.8. The highest BCUT2D eigenvalue weighted by Crippen LogP contribution is 2.76. The molecule has 37 heavy (non-hydrogen) atoms. The molecular weight excluding hydrogens is 462 g/mol. The van der Waals surface area contributed by atoms with E-state index in [0.29, 0.717) is 23.0 Å². The number of hydrogen-bond acceptors (Lipinski definition) is 6. The summed E-state index contributed by atoms with van der Waals surface area (Å²) < 4.78 is 2.04. The van der Waals surface area contributed by atoms with Gasteiger partial charge in [-0.1, -0.05) is 19.3 Å². The number of unbranched alkanes of at least 4 members (excludes halogenated alkanes) is 3. The second kappa shape index (κ2) is 9.12. The van der Waals surface area contributed by atoms with Crippen molar-refractivity contribution in [3.05, 3.63) is 59.5 Å². The van der Waals surface area contributed by atoms with Crippen LogP contribution in [0.5, 0.6) is 0 Å². The summed E-state index contributed by atoms with van der Waals surface area (Å²) in [7, 11) is 0. The second-order valence-corrected chi connectivity index (χ2v) is 11.0. The van der Waals surface area contributed by atoms with Crippen molar-refractivity contribution in [2.45, 2.75) is 70.4 Å². The van der Waals surface area contributed by atoms with Crippen LogP contribution in [-0.2, 0) is 11.3 Å². The number of carbonyl (C=O) groups is 1. The third-order valence-electron chi connectivity index (χ3n) is 8.50. The van der Waals surface area contributed by atoms with E-state index in [1.165, 1.54) is 19.3 Å². The highest BCUT2D eigenvalue weighted by Gasteiger charge is 2.71. The van der Waals surface area contributed by atoms with E-state index in [1.54, 1.807) is 23.6 Å². The summed E-state index contributed by atoms with van der Waals surface area (Å²) in [5.41, 5.74) is 3.26. The summed E-state index contributed by atoms with van der Waals surface area (Å²) in [6.45, 7) is 0.891. The van der Waals surface area contributed by atoms with Gasteiger partial charge in [-0.2, -0.15) is 20.7 Å². The van der Waals surface area contributed by atoms with E-state index in [-0.39, 0.29) is 17.4 Å². The van der Waals surface area contributed by atoms with Gasteiger partial charge in [0.05, 0.1) is 40.4 Å². The van der Waals surface area contributed by atoms with Gasteiger partial charge >= 0.3 is 0 Å². The molecule has 186 valence electrons. The molecule has 2 aromatic heterocycles. The first-order valence-electron chi connectivity index (χ1n) is 13.1. The summed E-state index contributed by atoms with van der Waals surface area (Å²) in [6, 6.07) is 11.7. The van der Waals surface area contributed by atoms with Crippen molar-refractivity contribution in [2.24, 2.45) is 15.9 Å². The van der Waals surface area contributed by atoms with E-state index in [9.17, 15) is 10.1 Å². The van der Waals surface area contributed by atoms with Crippen LogP contribution in [0.1, 0.15) is 80.5 Å². The highest BCUT2D eigenvalue weighted by molar-refractivity contribution is 5.88. The maximum Gasteiger partial charge on any atom is 0.249 e. The average molecular weight is 492 g/mol. The number of fused-ring (bicyclic) bond motifs is 1. The van der Waals surface area contributed by atoms with Crippen molar-refractivity contribution in [3.8, 4) is 12.1 Å². The van der Waals surface area contributed by atoms with E-state index in [4.69, 9.17) is 5.26 Å². The van der Waals surface area contributed by atoms with Gasteiger partial charge < -0.3 is 0 Å². The quantitative estimate of drug-likeness (QED) is 0.379. The zero-order valence-corrected chi connectivity index (χ0v) is 20.8. The molecule has 1 unspecified atom stereocenters. The first-order chi connectivity index (χ1) is 18.0. The van der Waals surface area contributed by atoms with Crippen molar-refractivity contribution >= 4 is 23.0 Å². The number of amides is 1. The predicted octanol–water partition coefficient (Wildman–Crippen LogP) is 5.25. The molecule has 0 N–H and O–H groups in total. The molecule has 7 rings (SSSR count). The Labute approximate surface area is 216 Å². The minimum absolute atomic E-state index is 0.142. The first kappa shape index (κ1) is 23.4. The van der Waals surface area contributed by atoms with E-state index < -0.39 is 0 Å². The second-order valence-electron chi connectivity index (χ2n) is 11.0. The minimum atomic E-state index is -0.229. The van der Waals surface area contributed by atoms with Crippen LogP contribution in [0, 0.1) is 33.5 Å². The van der Waals surface area contributed by atoms with Crippen molar-refractivity contribution in [1.29, 1.82) is 10.5 Å². The lowest BCUT2D eigenvalue weighted by atomic mass is 9.33. The third-order valence-corrected chi connectivity index (χ3v) is 8.50. The Kier molecular flexibility index (Phi) is 5.76. The van der Waals surface area contributed by atoms with Crippen LogP contribution in [-0.4, -0.2) is 31.9 Å². The molecule has 1 amide bonds. The number of aromatic nitrogens is 3. The minimum Gasteiger partial charge on any atom is -0.272 e. The number of hydrogen-bond donors (Lipinski definition) is 0. The van der Waals surface area contributed by atoms with Gasteiger partial charge in [0, 0.05) is 37.0 Å². The molecule has 4 aliphatic rings. The maximum atomic E-state index is 13.4. The van der Waals surface area contributed by atoms with E-state index in [0.717, 1.165) is 55.1 Å². The summed E-state index contributed by atoms with van der Waals surface area (Å²) in [5.74, 6) is 0.142. The van der Waals surface area contributed by atoms with Gasteiger partial charge in [0.25, 0.3) is 0 Å².